The van der Waals surface area contributed by atoms with Gasteiger partial charge in [0.25, 0.3) is 0 Å². The molecule has 10 nitrogen and oxygen atoms in total. The Balaban J connectivity index is 1.86. The molecule has 3 aromatic rings. The van der Waals surface area contributed by atoms with Crippen LogP contribution < -0.4 is 15.2 Å². The lowest BCUT2D eigenvalue weighted by Gasteiger charge is -2.24. The predicted molar refractivity (Wildman–Crippen MR) is 129 cm³/mol. The number of nitrogens with two attached hydrogens (primary N) is 1. The van der Waals surface area contributed by atoms with Crippen molar-refractivity contribution < 1.29 is 19.1 Å². The number of hydrogen-bond donors (Lipinski definition) is 1. The number of carbonyl (C=O) groups excluding carboxylic acids is 2. The number of nitrogens with zero attached hydrogens (tertiary/aromatic N) is 5. The van der Waals surface area contributed by atoms with Gasteiger partial charge in [0, 0.05) is 38.5 Å². The summed E-state index contributed by atoms with van der Waals surface area (Å²) in [5.41, 5.74) is 8.54. The molecule has 0 aliphatic carbocycles. The summed E-state index contributed by atoms with van der Waals surface area (Å²) < 4.78 is 12.8. The van der Waals surface area contributed by atoms with Crippen molar-refractivity contribution in [1.29, 1.82) is 0 Å². The molecule has 1 fully saturated rings. The number of ether oxygens (including phenoxy) is 2. The number of aromatic nitrogens is 3. The first-order valence-corrected chi connectivity index (χ1v) is 10.8. The lowest BCUT2D eigenvalue weighted by Crippen LogP contribution is -2.44. The van der Waals surface area contributed by atoms with Gasteiger partial charge in [0.2, 0.25) is 11.8 Å². The minimum absolute atomic E-state index is 0.138. The van der Waals surface area contributed by atoms with Crippen molar-refractivity contribution >= 4 is 28.7 Å². The van der Waals surface area contributed by atoms with E-state index in [9.17, 15) is 9.59 Å². The average Bonchev–Trinajstić information content (AvgIpc) is 3.45. The molecule has 10 heteroatoms. The van der Waals surface area contributed by atoms with E-state index in [0.29, 0.717) is 41.3 Å². The first kappa shape index (κ1) is 23.1. The summed E-state index contributed by atoms with van der Waals surface area (Å²) in [6, 6.07) is 4.76. The minimum Gasteiger partial charge on any atom is -0.497 e. The number of fused-ring (bicyclic) bond motifs is 1. The Morgan fingerprint density at radius 2 is 1.85 bits per heavy atom. The molecule has 2 N–H and O–H groups in total. The maximum atomic E-state index is 12.9. The van der Waals surface area contributed by atoms with Crippen LogP contribution in [-0.4, -0.2) is 77.1 Å². The SMILES string of the molecule is C=CC(=O)N1C[C@@H](n2cc(-c3cc(OC)cc(OC)c3)c3c(N)ncnc32)C[C@H]1C(=O)N(C)C. The normalized spacial score (nSPS) is 17.6. The molecule has 34 heavy (non-hydrogen) atoms. The number of rotatable bonds is 6. The van der Waals surface area contributed by atoms with Crippen molar-refractivity contribution in [2.45, 2.75) is 18.5 Å². The van der Waals surface area contributed by atoms with Crippen LogP contribution in [0.1, 0.15) is 12.5 Å². The van der Waals surface area contributed by atoms with E-state index in [4.69, 9.17) is 15.2 Å². The van der Waals surface area contributed by atoms with E-state index in [-0.39, 0.29) is 17.9 Å². The number of hydrogen-bond acceptors (Lipinski definition) is 7. The predicted octanol–water partition coefficient (Wildman–Crippen LogP) is 2.11. The third-order valence-electron chi connectivity index (χ3n) is 6.16. The van der Waals surface area contributed by atoms with Crippen molar-refractivity contribution in [2.24, 2.45) is 0 Å². The number of likely N-dealkylation sites (tertiary alicyclic amines) is 1. The van der Waals surface area contributed by atoms with Gasteiger partial charge in [-0.3, -0.25) is 9.59 Å². The Hall–Kier alpha value is -4.08. The zero-order chi connectivity index (χ0) is 24.6. The summed E-state index contributed by atoms with van der Waals surface area (Å²) in [5.74, 6) is 1.17. The highest BCUT2D eigenvalue weighted by Gasteiger charge is 2.41. The van der Waals surface area contributed by atoms with E-state index in [1.54, 1.807) is 39.3 Å². The number of anilines is 1. The Bertz CT molecular complexity index is 1250. The molecule has 4 rings (SSSR count). The van der Waals surface area contributed by atoms with Gasteiger partial charge in [0.15, 0.2) is 0 Å². The number of methoxy groups -OCH3 is 2. The van der Waals surface area contributed by atoms with Crippen molar-refractivity contribution in [3.63, 3.8) is 0 Å². The molecule has 178 valence electrons. The van der Waals surface area contributed by atoms with E-state index in [1.807, 2.05) is 22.9 Å². The van der Waals surface area contributed by atoms with Gasteiger partial charge in [-0.25, -0.2) is 9.97 Å². The third-order valence-corrected chi connectivity index (χ3v) is 6.16. The zero-order valence-corrected chi connectivity index (χ0v) is 19.7. The van der Waals surface area contributed by atoms with Gasteiger partial charge in [-0.15, -0.1) is 0 Å². The largest absolute Gasteiger partial charge is 0.497 e. The molecule has 1 aromatic carbocycles. The van der Waals surface area contributed by atoms with Gasteiger partial charge in [-0.1, -0.05) is 6.58 Å². The minimum atomic E-state index is -0.595. The second kappa shape index (κ2) is 9.05. The molecule has 2 aromatic heterocycles. The summed E-state index contributed by atoms with van der Waals surface area (Å²) in [6.07, 6.45) is 5.02. The van der Waals surface area contributed by atoms with Gasteiger partial charge < -0.3 is 29.6 Å². The Labute approximate surface area is 197 Å². The highest BCUT2D eigenvalue weighted by atomic mass is 16.5. The van der Waals surface area contributed by atoms with Crippen LogP contribution in [0, 0.1) is 0 Å². The number of nitrogen functional groups attached to an aromatic ring is 1. The van der Waals surface area contributed by atoms with Crippen LogP contribution in [0.5, 0.6) is 11.5 Å². The fraction of sp³-hybridized carbons (Fsp3) is 0.333. The van der Waals surface area contributed by atoms with Crippen LogP contribution in [0.2, 0.25) is 0 Å². The molecule has 2 atom stereocenters. The molecule has 1 aliphatic rings. The molecular weight excluding hydrogens is 436 g/mol. The third kappa shape index (κ3) is 3.91. The average molecular weight is 465 g/mol. The molecular formula is C24H28N6O4. The molecule has 1 saturated heterocycles. The Kier molecular flexibility index (Phi) is 6.14. The second-order valence-electron chi connectivity index (χ2n) is 8.34. The fourth-order valence-corrected chi connectivity index (χ4v) is 4.48. The second-order valence-corrected chi connectivity index (χ2v) is 8.34. The van der Waals surface area contributed by atoms with Crippen LogP contribution in [-0.2, 0) is 9.59 Å². The van der Waals surface area contributed by atoms with Crippen molar-refractivity contribution in [1.82, 2.24) is 24.3 Å². The molecule has 0 radical (unpaired) electrons. The first-order chi connectivity index (χ1) is 16.3. The number of amides is 2. The zero-order valence-electron chi connectivity index (χ0n) is 19.7. The van der Waals surface area contributed by atoms with Crippen molar-refractivity contribution in [3.8, 4) is 22.6 Å². The molecule has 3 heterocycles. The van der Waals surface area contributed by atoms with E-state index in [1.165, 1.54) is 17.3 Å². The van der Waals surface area contributed by atoms with Crippen LogP contribution in [0.15, 0.2) is 43.4 Å². The maximum Gasteiger partial charge on any atom is 0.246 e. The van der Waals surface area contributed by atoms with E-state index in [2.05, 4.69) is 16.5 Å². The number of benzene rings is 1. The van der Waals surface area contributed by atoms with Gasteiger partial charge in [-0.2, -0.15) is 0 Å². The number of carbonyl (C=O) groups is 2. The summed E-state index contributed by atoms with van der Waals surface area (Å²) in [4.78, 5) is 37.2. The Morgan fingerprint density at radius 1 is 1.18 bits per heavy atom. The highest BCUT2D eigenvalue weighted by molar-refractivity contribution is 6.01. The molecule has 2 amide bonds. The quantitative estimate of drug-likeness (QED) is 0.556. The highest BCUT2D eigenvalue weighted by Crippen LogP contribution is 2.40. The van der Waals surface area contributed by atoms with Gasteiger partial charge in [0.1, 0.15) is 35.3 Å². The van der Waals surface area contributed by atoms with Crippen LogP contribution in [0.4, 0.5) is 5.82 Å². The Morgan fingerprint density at radius 3 is 2.44 bits per heavy atom. The molecule has 0 saturated carbocycles. The van der Waals surface area contributed by atoms with Crippen LogP contribution in [0.25, 0.3) is 22.2 Å². The van der Waals surface area contributed by atoms with E-state index < -0.39 is 6.04 Å². The van der Waals surface area contributed by atoms with Crippen LogP contribution >= 0.6 is 0 Å². The van der Waals surface area contributed by atoms with E-state index >= 15 is 0 Å². The standard InChI is InChI=1S/C24H28N6O4/c1-6-20(31)30-11-15(9-19(30)24(32)28(2)3)29-12-18(21-22(25)26-13-27-23(21)29)14-7-16(33-4)10-17(8-14)34-5/h6-8,10,12-13,15,19H,1,9,11H2,2-5H3,(H2,25,26,27)/t15-,19-/m0/s1. The fourth-order valence-electron chi connectivity index (χ4n) is 4.48. The monoisotopic (exact) mass is 464 g/mol. The summed E-state index contributed by atoms with van der Waals surface area (Å²) in [5, 5.41) is 0.682. The van der Waals surface area contributed by atoms with Gasteiger partial charge in [-0.05, 0) is 30.2 Å². The van der Waals surface area contributed by atoms with E-state index in [0.717, 1.165) is 11.1 Å². The first-order valence-electron chi connectivity index (χ1n) is 10.8. The molecule has 0 spiro atoms. The summed E-state index contributed by atoms with van der Waals surface area (Å²) in [7, 11) is 6.54. The van der Waals surface area contributed by atoms with Gasteiger partial charge in [0.05, 0.1) is 25.6 Å². The topological polar surface area (TPSA) is 116 Å². The molecule has 0 bridgehead atoms. The molecule has 1 aliphatic heterocycles. The molecule has 0 unspecified atom stereocenters. The van der Waals surface area contributed by atoms with Crippen molar-refractivity contribution in [2.75, 3.05) is 40.6 Å². The summed E-state index contributed by atoms with van der Waals surface area (Å²) >= 11 is 0. The van der Waals surface area contributed by atoms with Crippen LogP contribution in [0.3, 0.4) is 0 Å². The van der Waals surface area contributed by atoms with Gasteiger partial charge >= 0.3 is 0 Å². The lowest BCUT2D eigenvalue weighted by atomic mass is 10.1. The summed E-state index contributed by atoms with van der Waals surface area (Å²) in [6.45, 7) is 3.93. The van der Waals surface area contributed by atoms with Crippen molar-refractivity contribution in [3.05, 3.63) is 43.4 Å². The lowest BCUT2D eigenvalue weighted by molar-refractivity contribution is -0.139. The smallest absolute Gasteiger partial charge is 0.246 e. The maximum absolute atomic E-state index is 12.9. The number of likely N-dealkylation sites (N-methyl/N-ethyl adjacent to an activating group) is 1.